The zero-order chi connectivity index (χ0) is 12.8. The predicted molar refractivity (Wildman–Crippen MR) is 73.1 cm³/mol. The highest BCUT2D eigenvalue weighted by atomic mass is 79.9. The quantitative estimate of drug-likeness (QED) is 0.669. The van der Waals surface area contributed by atoms with E-state index in [1.165, 1.54) is 5.56 Å². The van der Waals surface area contributed by atoms with Gasteiger partial charge >= 0.3 is 5.97 Å². The Morgan fingerprint density at radius 2 is 2.24 bits per heavy atom. The van der Waals surface area contributed by atoms with Crippen LogP contribution in [0.5, 0.6) is 0 Å². The van der Waals surface area contributed by atoms with E-state index >= 15 is 0 Å². The van der Waals surface area contributed by atoms with Gasteiger partial charge in [-0.2, -0.15) is 0 Å². The van der Waals surface area contributed by atoms with Crippen molar-refractivity contribution in [1.29, 1.82) is 0 Å². The van der Waals surface area contributed by atoms with Crippen LogP contribution in [0.3, 0.4) is 0 Å². The minimum Gasteiger partial charge on any atom is -0.463 e. The van der Waals surface area contributed by atoms with Crippen molar-refractivity contribution in [1.82, 2.24) is 0 Å². The summed E-state index contributed by atoms with van der Waals surface area (Å²) >= 11 is 3.45. The number of hydrogen-bond donors (Lipinski definition) is 1. The highest BCUT2D eigenvalue weighted by molar-refractivity contribution is 9.10. The molecule has 0 aliphatic heterocycles. The number of esters is 1. The maximum atomic E-state index is 11.3. The maximum Gasteiger partial charge on any atom is 0.335 e. The third-order valence-electron chi connectivity index (χ3n) is 2.24. The molecular weight excluding hydrogens is 282 g/mol. The monoisotopic (exact) mass is 297 g/mol. The van der Waals surface area contributed by atoms with Gasteiger partial charge in [-0.05, 0) is 31.5 Å². The first-order valence-electron chi connectivity index (χ1n) is 5.39. The minimum absolute atomic E-state index is 0.355. The predicted octanol–water partition coefficient (Wildman–Crippen LogP) is 3.29. The fraction of sp³-hybridized carbons (Fsp3) is 0.308. The van der Waals surface area contributed by atoms with Crippen LogP contribution in [0.1, 0.15) is 12.5 Å². The second-order valence-corrected chi connectivity index (χ2v) is 4.50. The van der Waals surface area contributed by atoms with Crippen LogP contribution >= 0.6 is 15.9 Å². The zero-order valence-electron chi connectivity index (χ0n) is 10.0. The summed E-state index contributed by atoms with van der Waals surface area (Å²) < 4.78 is 5.88. The molecule has 17 heavy (non-hydrogen) atoms. The standard InChI is InChI=1S/C13H16BrNO2/c1-4-17-13(16)10(3)8-15-11-6-5-9(2)12(14)7-11/h5-7,15H,3-4,8H2,1-2H3. The summed E-state index contributed by atoms with van der Waals surface area (Å²) in [6, 6.07) is 5.92. The molecule has 0 heterocycles. The van der Waals surface area contributed by atoms with E-state index in [-0.39, 0.29) is 5.97 Å². The molecule has 0 saturated carbocycles. The zero-order valence-corrected chi connectivity index (χ0v) is 11.6. The molecule has 1 N–H and O–H groups in total. The van der Waals surface area contributed by atoms with E-state index in [2.05, 4.69) is 27.8 Å². The molecule has 0 aromatic heterocycles. The van der Waals surface area contributed by atoms with E-state index in [0.29, 0.717) is 18.7 Å². The van der Waals surface area contributed by atoms with Crippen molar-refractivity contribution in [3.63, 3.8) is 0 Å². The minimum atomic E-state index is -0.355. The smallest absolute Gasteiger partial charge is 0.335 e. The third-order valence-corrected chi connectivity index (χ3v) is 3.10. The molecule has 0 aliphatic carbocycles. The van der Waals surface area contributed by atoms with Crippen LogP contribution in [0.4, 0.5) is 5.69 Å². The number of nitrogens with one attached hydrogen (secondary N) is 1. The molecule has 0 fully saturated rings. The van der Waals surface area contributed by atoms with E-state index < -0.39 is 0 Å². The van der Waals surface area contributed by atoms with E-state index in [1.807, 2.05) is 25.1 Å². The molecule has 0 aliphatic rings. The van der Waals surface area contributed by atoms with Crippen molar-refractivity contribution in [3.8, 4) is 0 Å². The number of anilines is 1. The van der Waals surface area contributed by atoms with Crippen molar-refractivity contribution in [2.24, 2.45) is 0 Å². The van der Waals surface area contributed by atoms with Gasteiger partial charge in [0, 0.05) is 22.3 Å². The van der Waals surface area contributed by atoms with E-state index in [0.717, 1.165) is 10.2 Å². The van der Waals surface area contributed by atoms with Crippen LogP contribution in [0, 0.1) is 6.92 Å². The van der Waals surface area contributed by atoms with Gasteiger partial charge in [-0.3, -0.25) is 0 Å². The number of ether oxygens (including phenoxy) is 1. The summed E-state index contributed by atoms with van der Waals surface area (Å²) in [6.07, 6.45) is 0. The Labute approximate surface area is 110 Å². The summed E-state index contributed by atoms with van der Waals surface area (Å²) in [5.41, 5.74) is 2.52. The van der Waals surface area contributed by atoms with Crippen LogP contribution in [0.2, 0.25) is 0 Å². The van der Waals surface area contributed by atoms with Crippen molar-refractivity contribution in [3.05, 3.63) is 40.4 Å². The maximum absolute atomic E-state index is 11.3. The summed E-state index contributed by atoms with van der Waals surface area (Å²) in [6.45, 7) is 8.22. The highest BCUT2D eigenvalue weighted by Crippen LogP contribution is 2.20. The Hall–Kier alpha value is -1.29. The first-order chi connectivity index (χ1) is 8.04. The molecule has 1 rings (SSSR count). The average molecular weight is 298 g/mol. The Morgan fingerprint density at radius 1 is 1.53 bits per heavy atom. The number of carbonyl (C=O) groups excluding carboxylic acids is 1. The lowest BCUT2D eigenvalue weighted by Crippen LogP contribution is -2.14. The van der Waals surface area contributed by atoms with Gasteiger partial charge in [0.1, 0.15) is 0 Å². The lowest BCUT2D eigenvalue weighted by Gasteiger charge is -2.09. The van der Waals surface area contributed by atoms with Crippen LogP contribution in [-0.2, 0) is 9.53 Å². The second-order valence-electron chi connectivity index (χ2n) is 3.64. The molecule has 0 saturated heterocycles. The van der Waals surface area contributed by atoms with Crippen molar-refractivity contribution >= 4 is 27.6 Å². The second kappa shape index (κ2) is 6.45. The van der Waals surface area contributed by atoms with Crippen molar-refractivity contribution < 1.29 is 9.53 Å². The van der Waals surface area contributed by atoms with Gasteiger partial charge in [0.05, 0.1) is 6.61 Å². The lowest BCUT2D eigenvalue weighted by atomic mass is 10.2. The fourth-order valence-electron chi connectivity index (χ4n) is 1.22. The number of rotatable bonds is 5. The van der Waals surface area contributed by atoms with E-state index in [4.69, 9.17) is 4.74 Å². The van der Waals surface area contributed by atoms with E-state index in [1.54, 1.807) is 6.92 Å². The lowest BCUT2D eigenvalue weighted by molar-refractivity contribution is -0.138. The normalized spacial score (nSPS) is 9.82. The van der Waals surface area contributed by atoms with Gasteiger partial charge in [0.2, 0.25) is 0 Å². The Kier molecular flexibility index (Phi) is 5.22. The molecule has 0 radical (unpaired) electrons. The molecular formula is C13H16BrNO2. The highest BCUT2D eigenvalue weighted by Gasteiger charge is 2.07. The van der Waals surface area contributed by atoms with Gasteiger partial charge < -0.3 is 10.1 Å². The molecule has 0 unspecified atom stereocenters. The van der Waals surface area contributed by atoms with Gasteiger partial charge in [-0.15, -0.1) is 0 Å². The van der Waals surface area contributed by atoms with Crippen LogP contribution in [0.15, 0.2) is 34.8 Å². The molecule has 0 spiro atoms. The van der Waals surface area contributed by atoms with E-state index in [9.17, 15) is 4.79 Å². The molecule has 1 aromatic rings. The SMILES string of the molecule is C=C(CNc1ccc(C)c(Br)c1)C(=O)OCC. The summed E-state index contributed by atoms with van der Waals surface area (Å²) in [4.78, 5) is 11.3. The molecule has 92 valence electrons. The van der Waals surface area contributed by atoms with Crippen molar-refractivity contribution in [2.45, 2.75) is 13.8 Å². The number of hydrogen-bond acceptors (Lipinski definition) is 3. The Balaban J connectivity index is 2.53. The van der Waals surface area contributed by atoms with Crippen LogP contribution in [0.25, 0.3) is 0 Å². The molecule has 1 aromatic carbocycles. The summed E-state index contributed by atoms with van der Waals surface area (Å²) in [5, 5.41) is 3.12. The molecule has 0 bridgehead atoms. The topological polar surface area (TPSA) is 38.3 Å². The Morgan fingerprint density at radius 3 is 2.82 bits per heavy atom. The van der Waals surface area contributed by atoms with Gasteiger partial charge in [0.25, 0.3) is 0 Å². The summed E-state index contributed by atoms with van der Waals surface area (Å²) in [5.74, 6) is -0.355. The number of halogens is 1. The molecule has 3 nitrogen and oxygen atoms in total. The number of aryl methyl sites for hydroxylation is 1. The fourth-order valence-corrected chi connectivity index (χ4v) is 1.60. The van der Waals surface area contributed by atoms with Crippen LogP contribution in [-0.4, -0.2) is 19.1 Å². The first-order valence-corrected chi connectivity index (χ1v) is 6.18. The first kappa shape index (κ1) is 13.8. The van der Waals surface area contributed by atoms with Gasteiger partial charge in [-0.25, -0.2) is 4.79 Å². The molecule has 0 atom stereocenters. The van der Waals surface area contributed by atoms with Gasteiger partial charge in [0.15, 0.2) is 0 Å². The molecule has 4 heteroatoms. The average Bonchev–Trinajstić information content (AvgIpc) is 2.30. The largest absolute Gasteiger partial charge is 0.463 e. The molecule has 0 amide bonds. The number of carbonyl (C=O) groups is 1. The van der Waals surface area contributed by atoms with Crippen LogP contribution < -0.4 is 5.32 Å². The number of benzene rings is 1. The third kappa shape index (κ3) is 4.23. The summed E-state index contributed by atoms with van der Waals surface area (Å²) in [7, 11) is 0. The Bertz CT molecular complexity index is 429. The van der Waals surface area contributed by atoms with Gasteiger partial charge in [-0.1, -0.05) is 28.6 Å². The van der Waals surface area contributed by atoms with Crippen molar-refractivity contribution in [2.75, 3.05) is 18.5 Å².